The molecule has 3 aromatic rings. The maximum atomic E-state index is 12.8. The summed E-state index contributed by atoms with van der Waals surface area (Å²) in [5.74, 6) is 0. The van der Waals surface area contributed by atoms with E-state index in [1.54, 1.807) is 12.1 Å². The highest BCUT2D eigenvalue weighted by atomic mass is 16.2. The van der Waals surface area contributed by atoms with Crippen LogP contribution in [0.3, 0.4) is 0 Å². The van der Waals surface area contributed by atoms with Gasteiger partial charge in [-0.25, -0.2) is 4.79 Å². The van der Waals surface area contributed by atoms with E-state index in [0.717, 1.165) is 11.9 Å². The van der Waals surface area contributed by atoms with Gasteiger partial charge in [0.15, 0.2) is 5.52 Å². The minimum atomic E-state index is -0.0956. The number of aromatic amines is 1. The highest BCUT2D eigenvalue weighted by Crippen LogP contribution is 2.18. The molecular weight excluding hydrogens is 278 g/mol. The predicted octanol–water partition coefficient (Wildman–Crippen LogP) is 1.46. The minimum Gasteiger partial charge on any atom is -0.399 e. The molecule has 2 aromatic carbocycles. The summed E-state index contributed by atoms with van der Waals surface area (Å²) >= 11 is 0. The van der Waals surface area contributed by atoms with Crippen LogP contribution in [0.4, 0.5) is 10.5 Å². The topological polar surface area (TPSA) is 78.9 Å². The van der Waals surface area contributed by atoms with E-state index in [2.05, 4.69) is 22.4 Å². The summed E-state index contributed by atoms with van der Waals surface area (Å²) in [5.41, 5.74) is 10.3. The number of H-pyrrole nitrogens is 1. The second-order valence-corrected chi connectivity index (χ2v) is 5.52. The summed E-state index contributed by atoms with van der Waals surface area (Å²) in [6, 6.07) is 13.5. The lowest BCUT2D eigenvalue weighted by Crippen LogP contribution is -2.55. The summed E-state index contributed by atoms with van der Waals surface area (Å²) in [5, 5.41) is 6.93. The molecule has 6 nitrogen and oxygen atoms in total. The van der Waals surface area contributed by atoms with Crippen molar-refractivity contribution in [3.63, 3.8) is 0 Å². The molecule has 0 saturated carbocycles. The lowest BCUT2D eigenvalue weighted by Gasteiger charge is -2.23. The molecule has 0 fully saturated rings. The molecule has 6 heteroatoms. The van der Waals surface area contributed by atoms with E-state index in [1.165, 1.54) is 15.8 Å². The molecule has 0 aliphatic carbocycles. The Kier molecular flexibility index (Phi) is 2.82. The predicted molar refractivity (Wildman–Crippen MR) is 82.1 cm³/mol. The number of fused-ring (bicyclic) bond motifs is 2. The van der Waals surface area contributed by atoms with Crippen LogP contribution in [0.2, 0.25) is 0 Å². The van der Waals surface area contributed by atoms with E-state index in [0.29, 0.717) is 24.3 Å². The number of aromatic nitrogens is 3. The number of amides is 1. The molecule has 1 aromatic heterocycles. The summed E-state index contributed by atoms with van der Waals surface area (Å²) in [7, 11) is 0. The van der Waals surface area contributed by atoms with Gasteiger partial charge in [-0.2, -0.15) is 0 Å². The molecule has 4 rings (SSSR count). The minimum absolute atomic E-state index is 0.0956. The quantitative estimate of drug-likeness (QED) is 0.486. The van der Waals surface area contributed by atoms with Crippen LogP contribution in [-0.4, -0.2) is 27.8 Å². The first kappa shape index (κ1) is 12.8. The van der Waals surface area contributed by atoms with Gasteiger partial charge in [0.05, 0.1) is 13.1 Å². The Bertz CT molecular complexity index is 870. The van der Waals surface area contributed by atoms with Gasteiger partial charge in [-0.15, -0.1) is 5.21 Å². The number of nitrogens with zero attached hydrogens (tertiary/aromatic N) is 3. The highest BCUT2D eigenvalue weighted by molar-refractivity contribution is 5.78. The Morgan fingerprint density at radius 1 is 1.23 bits per heavy atom. The molecule has 0 spiro atoms. The molecule has 0 atom stereocenters. The van der Waals surface area contributed by atoms with Crippen LogP contribution in [0, 0.1) is 0 Å². The van der Waals surface area contributed by atoms with Crippen molar-refractivity contribution in [3.05, 3.63) is 53.6 Å². The Hall–Kier alpha value is -2.89. The average molecular weight is 294 g/mol. The van der Waals surface area contributed by atoms with Gasteiger partial charge in [0.2, 0.25) is 5.52 Å². The van der Waals surface area contributed by atoms with Crippen molar-refractivity contribution < 1.29 is 9.48 Å². The number of hydrogen-bond acceptors (Lipinski definition) is 3. The Morgan fingerprint density at radius 2 is 2.05 bits per heavy atom. The first-order valence-electron chi connectivity index (χ1n) is 7.24. The molecule has 110 valence electrons. The first-order chi connectivity index (χ1) is 10.7. The molecule has 1 aliphatic rings. The van der Waals surface area contributed by atoms with Crippen molar-refractivity contribution >= 4 is 22.8 Å². The van der Waals surface area contributed by atoms with Gasteiger partial charge in [0, 0.05) is 18.2 Å². The molecular formula is C16H16N5O+. The lowest BCUT2D eigenvalue weighted by atomic mass is 10.0. The van der Waals surface area contributed by atoms with E-state index < -0.39 is 0 Å². The monoisotopic (exact) mass is 294 g/mol. The second kappa shape index (κ2) is 4.84. The lowest BCUT2D eigenvalue weighted by molar-refractivity contribution is -0.617. The largest absolute Gasteiger partial charge is 0.461 e. The van der Waals surface area contributed by atoms with Crippen LogP contribution in [0.5, 0.6) is 0 Å². The maximum absolute atomic E-state index is 12.8. The van der Waals surface area contributed by atoms with Gasteiger partial charge in [0.25, 0.3) is 0 Å². The molecule has 1 aliphatic heterocycles. The van der Waals surface area contributed by atoms with Crippen LogP contribution >= 0.6 is 0 Å². The number of anilines is 1. The summed E-state index contributed by atoms with van der Waals surface area (Å²) in [4.78, 5) is 14.6. The third kappa shape index (κ3) is 2.00. The van der Waals surface area contributed by atoms with Crippen molar-refractivity contribution in [2.45, 2.75) is 13.0 Å². The number of rotatable bonds is 0. The Labute approximate surface area is 127 Å². The number of nitrogen functional groups attached to an aromatic ring is 1. The van der Waals surface area contributed by atoms with E-state index >= 15 is 0 Å². The average Bonchev–Trinajstić information content (AvgIpc) is 2.96. The maximum Gasteiger partial charge on any atom is 0.461 e. The second-order valence-electron chi connectivity index (χ2n) is 5.52. The van der Waals surface area contributed by atoms with Crippen LogP contribution in [0.25, 0.3) is 11.0 Å². The van der Waals surface area contributed by atoms with E-state index in [4.69, 9.17) is 5.73 Å². The zero-order valence-electron chi connectivity index (χ0n) is 12.0. The normalized spacial score (nSPS) is 14.1. The van der Waals surface area contributed by atoms with Crippen molar-refractivity contribution in [1.82, 2.24) is 15.2 Å². The molecule has 0 unspecified atom stereocenters. The summed E-state index contributed by atoms with van der Waals surface area (Å²) in [6.45, 7) is 1.33. The number of nitrogens with one attached hydrogen (secondary N) is 1. The highest BCUT2D eigenvalue weighted by Gasteiger charge is 2.29. The Balaban J connectivity index is 1.67. The number of carbonyl (C=O) groups excluding carboxylic acids is 1. The van der Waals surface area contributed by atoms with E-state index in [1.807, 2.05) is 23.1 Å². The molecule has 2 heterocycles. The molecule has 0 radical (unpaired) electrons. The fourth-order valence-electron chi connectivity index (χ4n) is 2.92. The van der Waals surface area contributed by atoms with Crippen LogP contribution in [-0.2, 0) is 13.0 Å². The van der Waals surface area contributed by atoms with Crippen molar-refractivity contribution in [3.8, 4) is 0 Å². The smallest absolute Gasteiger partial charge is 0.399 e. The van der Waals surface area contributed by atoms with Crippen LogP contribution in [0.15, 0.2) is 42.5 Å². The Morgan fingerprint density at radius 3 is 2.91 bits per heavy atom. The fraction of sp³-hybridized carbons (Fsp3) is 0.188. The summed E-state index contributed by atoms with van der Waals surface area (Å²) < 4.78 is 1.47. The SMILES string of the molecule is Nc1ccc2c(c1)n[nH][n+]2C(=O)N1CCc2ccccc2C1. The molecule has 22 heavy (non-hydrogen) atoms. The van der Waals surface area contributed by atoms with Crippen LogP contribution < -0.4 is 10.4 Å². The van der Waals surface area contributed by atoms with Gasteiger partial charge in [0.1, 0.15) is 0 Å². The van der Waals surface area contributed by atoms with Gasteiger partial charge < -0.3 is 5.73 Å². The van der Waals surface area contributed by atoms with Gasteiger partial charge >= 0.3 is 6.03 Å². The first-order valence-corrected chi connectivity index (χ1v) is 7.24. The van der Waals surface area contributed by atoms with Crippen molar-refractivity contribution in [2.75, 3.05) is 12.3 Å². The number of nitrogens with two attached hydrogens (primary N) is 1. The van der Waals surface area contributed by atoms with Crippen molar-refractivity contribution in [2.24, 2.45) is 0 Å². The number of carbonyl (C=O) groups is 1. The van der Waals surface area contributed by atoms with Gasteiger partial charge in [-0.1, -0.05) is 28.9 Å². The molecule has 0 saturated heterocycles. The third-order valence-electron chi connectivity index (χ3n) is 4.10. The van der Waals surface area contributed by atoms with Crippen molar-refractivity contribution in [1.29, 1.82) is 0 Å². The van der Waals surface area contributed by atoms with Gasteiger partial charge in [-0.3, -0.25) is 4.90 Å². The van der Waals surface area contributed by atoms with E-state index in [9.17, 15) is 4.79 Å². The fourth-order valence-corrected chi connectivity index (χ4v) is 2.92. The standard InChI is InChI=1S/C16H15N5O/c17-13-5-6-15-14(9-13)18-19-21(15)16(22)20-8-7-11-3-1-2-4-12(11)10-20/h1-6,9H,7-8,10,17H2/p+1. The zero-order valence-corrected chi connectivity index (χ0v) is 12.0. The molecule has 1 amide bonds. The number of hydrogen-bond donors (Lipinski definition) is 2. The number of benzene rings is 2. The van der Waals surface area contributed by atoms with E-state index in [-0.39, 0.29) is 6.03 Å². The zero-order chi connectivity index (χ0) is 15.1. The van der Waals surface area contributed by atoms with Crippen LogP contribution in [0.1, 0.15) is 11.1 Å². The summed E-state index contributed by atoms with van der Waals surface area (Å²) in [6.07, 6.45) is 0.876. The third-order valence-corrected chi connectivity index (χ3v) is 4.10. The molecule has 3 N–H and O–H groups in total. The molecule has 0 bridgehead atoms. The van der Waals surface area contributed by atoms with Gasteiger partial charge in [-0.05, 0) is 28.4 Å².